The number of rotatable bonds is 6. The molecule has 1 fully saturated rings. The largest absolute Gasteiger partial charge is 0.357 e. The van der Waals surface area contributed by atoms with Gasteiger partial charge in [-0.1, -0.05) is 26.2 Å². The van der Waals surface area contributed by atoms with Gasteiger partial charge in [0.05, 0.1) is 0 Å². The SMILES string of the molecule is CCCNC(=O)CN=C(NCC)NC1CCCCC1.I. The van der Waals surface area contributed by atoms with E-state index < -0.39 is 0 Å². The van der Waals surface area contributed by atoms with Crippen LogP contribution >= 0.6 is 24.0 Å². The topological polar surface area (TPSA) is 65.5 Å². The lowest BCUT2D eigenvalue weighted by molar-refractivity contribution is -0.119. The van der Waals surface area contributed by atoms with Crippen LogP contribution in [0.3, 0.4) is 0 Å². The molecule has 0 aromatic rings. The van der Waals surface area contributed by atoms with E-state index in [0.29, 0.717) is 6.04 Å². The summed E-state index contributed by atoms with van der Waals surface area (Å²) in [6.45, 7) is 5.81. The van der Waals surface area contributed by atoms with Gasteiger partial charge >= 0.3 is 0 Å². The first-order valence-corrected chi connectivity index (χ1v) is 7.57. The summed E-state index contributed by atoms with van der Waals surface area (Å²) in [5, 5.41) is 9.46. The summed E-state index contributed by atoms with van der Waals surface area (Å²) in [6, 6.07) is 0.505. The van der Waals surface area contributed by atoms with Crippen molar-refractivity contribution >= 4 is 35.8 Å². The predicted octanol–water partition coefficient (Wildman–Crippen LogP) is 2.02. The van der Waals surface area contributed by atoms with E-state index in [9.17, 15) is 4.79 Å². The Hall–Kier alpha value is -0.530. The first-order chi connectivity index (χ1) is 9.26. The average molecular weight is 396 g/mol. The predicted molar refractivity (Wildman–Crippen MR) is 94.7 cm³/mol. The molecule has 3 N–H and O–H groups in total. The van der Waals surface area contributed by atoms with Gasteiger partial charge in [0.1, 0.15) is 6.54 Å². The van der Waals surface area contributed by atoms with Crippen LogP contribution in [0.25, 0.3) is 0 Å². The van der Waals surface area contributed by atoms with Gasteiger partial charge in [-0.25, -0.2) is 4.99 Å². The van der Waals surface area contributed by atoms with Crippen LogP contribution in [-0.4, -0.2) is 37.5 Å². The molecule has 1 saturated carbocycles. The number of guanidine groups is 1. The lowest BCUT2D eigenvalue weighted by Gasteiger charge is -2.24. The Labute approximate surface area is 139 Å². The molecular formula is C14H29IN4O. The van der Waals surface area contributed by atoms with Gasteiger partial charge < -0.3 is 16.0 Å². The number of hydrogen-bond donors (Lipinski definition) is 3. The summed E-state index contributed by atoms with van der Waals surface area (Å²) < 4.78 is 0. The van der Waals surface area contributed by atoms with E-state index in [1.807, 2.05) is 13.8 Å². The van der Waals surface area contributed by atoms with Crippen molar-refractivity contribution < 1.29 is 4.79 Å². The van der Waals surface area contributed by atoms with Crippen molar-refractivity contribution in [2.45, 2.75) is 58.4 Å². The number of nitrogens with zero attached hydrogens (tertiary/aromatic N) is 1. The summed E-state index contributed by atoms with van der Waals surface area (Å²) >= 11 is 0. The summed E-state index contributed by atoms with van der Waals surface area (Å²) in [4.78, 5) is 15.9. The van der Waals surface area contributed by atoms with Gasteiger partial charge in [0.25, 0.3) is 0 Å². The van der Waals surface area contributed by atoms with Gasteiger partial charge in [0.15, 0.2) is 5.96 Å². The second-order valence-electron chi connectivity index (χ2n) is 5.02. The molecule has 0 aromatic carbocycles. The van der Waals surface area contributed by atoms with Crippen LogP contribution in [-0.2, 0) is 4.79 Å². The smallest absolute Gasteiger partial charge is 0.241 e. The highest BCUT2D eigenvalue weighted by Gasteiger charge is 2.14. The average Bonchev–Trinajstić information content (AvgIpc) is 2.44. The summed E-state index contributed by atoms with van der Waals surface area (Å²) in [7, 11) is 0. The number of carbonyl (C=O) groups excluding carboxylic acids is 1. The Bertz CT molecular complexity index is 291. The van der Waals surface area contributed by atoms with Gasteiger partial charge in [-0.3, -0.25) is 4.79 Å². The molecule has 0 spiro atoms. The molecule has 0 radical (unpaired) electrons. The lowest BCUT2D eigenvalue weighted by atomic mass is 9.96. The van der Waals surface area contributed by atoms with Crippen molar-refractivity contribution in [3.8, 4) is 0 Å². The Morgan fingerprint density at radius 1 is 1.15 bits per heavy atom. The molecule has 0 aromatic heterocycles. The van der Waals surface area contributed by atoms with Gasteiger partial charge in [0, 0.05) is 19.1 Å². The fraction of sp³-hybridized carbons (Fsp3) is 0.857. The van der Waals surface area contributed by atoms with E-state index in [0.717, 1.165) is 25.5 Å². The summed E-state index contributed by atoms with van der Waals surface area (Å²) in [5.41, 5.74) is 0. The van der Waals surface area contributed by atoms with Crippen LogP contribution < -0.4 is 16.0 Å². The normalized spacial score (nSPS) is 16.2. The van der Waals surface area contributed by atoms with Gasteiger partial charge in [-0.2, -0.15) is 0 Å². The Balaban J connectivity index is 0.00000361. The van der Waals surface area contributed by atoms with Crippen LogP contribution in [0.2, 0.25) is 0 Å². The molecular weight excluding hydrogens is 367 g/mol. The van der Waals surface area contributed by atoms with E-state index in [4.69, 9.17) is 0 Å². The van der Waals surface area contributed by atoms with Crippen LogP contribution in [0, 0.1) is 0 Å². The molecule has 1 amide bonds. The first kappa shape index (κ1) is 19.5. The minimum atomic E-state index is -0.0114. The van der Waals surface area contributed by atoms with E-state index >= 15 is 0 Å². The highest BCUT2D eigenvalue weighted by Crippen LogP contribution is 2.17. The molecule has 1 aliphatic carbocycles. The molecule has 20 heavy (non-hydrogen) atoms. The molecule has 6 heteroatoms. The van der Waals surface area contributed by atoms with Gasteiger partial charge in [-0.15, -0.1) is 24.0 Å². The number of hydrogen-bond acceptors (Lipinski definition) is 2. The van der Waals surface area contributed by atoms with Crippen LogP contribution in [0.15, 0.2) is 4.99 Å². The minimum absolute atomic E-state index is 0. The van der Waals surface area contributed by atoms with E-state index in [2.05, 4.69) is 20.9 Å². The molecule has 0 bridgehead atoms. The maximum atomic E-state index is 11.5. The quantitative estimate of drug-likeness (QED) is 0.366. The number of nitrogens with one attached hydrogen (secondary N) is 3. The summed E-state index contributed by atoms with van der Waals surface area (Å²) in [5.74, 6) is 0.753. The molecule has 0 atom stereocenters. The zero-order chi connectivity index (χ0) is 13.9. The molecule has 0 aliphatic heterocycles. The maximum Gasteiger partial charge on any atom is 0.241 e. The number of carbonyl (C=O) groups is 1. The van der Waals surface area contributed by atoms with Crippen LogP contribution in [0.5, 0.6) is 0 Å². The second kappa shape index (κ2) is 12.2. The van der Waals surface area contributed by atoms with E-state index in [-0.39, 0.29) is 36.4 Å². The van der Waals surface area contributed by atoms with Crippen molar-refractivity contribution in [2.75, 3.05) is 19.6 Å². The van der Waals surface area contributed by atoms with Gasteiger partial charge in [-0.05, 0) is 26.2 Å². The maximum absolute atomic E-state index is 11.5. The molecule has 1 rings (SSSR count). The fourth-order valence-corrected chi connectivity index (χ4v) is 2.23. The Morgan fingerprint density at radius 3 is 2.45 bits per heavy atom. The van der Waals surface area contributed by atoms with Crippen molar-refractivity contribution in [3.05, 3.63) is 0 Å². The molecule has 1 aliphatic rings. The Kier molecular flexibility index (Phi) is 11.9. The second-order valence-corrected chi connectivity index (χ2v) is 5.02. The molecule has 5 nitrogen and oxygen atoms in total. The number of amides is 1. The highest BCUT2D eigenvalue weighted by atomic mass is 127. The van der Waals surface area contributed by atoms with Crippen LogP contribution in [0.1, 0.15) is 52.4 Å². The monoisotopic (exact) mass is 396 g/mol. The molecule has 0 unspecified atom stereocenters. The zero-order valence-electron chi connectivity index (χ0n) is 12.7. The molecule has 0 heterocycles. The summed E-state index contributed by atoms with van der Waals surface area (Å²) in [6.07, 6.45) is 7.27. The fourth-order valence-electron chi connectivity index (χ4n) is 2.23. The van der Waals surface area contributed by atoms with Gasteiger partial charge in [0.2, 0.25) is 5.91 Å². The first-order valence-electron chi connectivity index (χ1n) is 7.57. The third kappa shape index (κ3) is 8.60. The zero-order valence-corrected chi connectivity index (χ0v) is 15.0. The molecule has 0 saturated heterocycles. The van der Waals surface area contributed by atoms with E-state index in [1.165, 1.54) is 32.1 Å². The standard InChI is InChI=1S/C14H28N4O.HI/c1-3-10-16-13(19)11-17-14(15-4-2)18-12-8-6-5-7-9-12;/h12H,3-11H2,1-2H3,(H,16,19)(H2,15,17,18);1H. The number of halogens is 1. The number of aliphatic imine (C=N–C) groups is 1. The molecule has 118 valence electrons. The van der Waals surface area contributed by atoms with Crippen molar-refractivity contribution in [1.29, 1.82) is 0 Å². The third-order valence-electron chi connectivity index (χ3n) is 3.24. The van der Waals surface area contributed by atoms with Crippen molar-refractivity contribution in [1.82, 2.24) is 16.0 Å². The third-order valence-corrected chi connectivity index (χ3v) is 3.24. The lowest BCUT2D eigenvalue weighted by Crippen LogP contribution is -2.44. The highest BCUT2D eigenvalue weighted by molar-refractivity contribution is 14.0. The van der Waals surface area contributed by atoms with Crippen molar-refractivity contribution in [2.24, 2.45) is 4.99 Å². The van der Waals surface area contributed by atoms with E-state index in [1.54, 1.807) is 0 Å². The minimum Gasteiger partial charge on any atom is -0.357 e. The van der Waals surface area contributed by atoms with Crippen molar-refractivity contribution in [3.63, 3.8) is 0 Å². The Morgan fingerprint density at radius 2 is 1.85 bits per heavy atom. The van der Waals surface area contributed by atoms with Crippen LogP contribution in [0.4, 0.5) is 0 Å².